The molecule has 1 N–H and O–H groups in total. The fraction of sp³-hybridized carbons (Fsp3) is 1.00. The van der Waals surface area contributed by atoms with Crippen LogP contribution in [0.3, 0.4) is 0 Å². The molecule has 7 nitrogen and oxygen atoms in total. The van der Waals surface area contributed by atoms with Gasteiger partial charge in [-0.15, -0.1) is 0 Å². The molecular formula is C19H40O7. The first-order valence-corrected chi connectivity index (χ1v) is 10.1. The van der Waals surface area contributed by atoms with E-state index in [1.807, 2.05) is 0 Å². The van der Waals surface area contributed by atoms with E-state index in [0.717, 1.165) is 71.7 Å². The first-order chi connectivity index (χ1) is 12.9. The number of ether oxygens (including phenoxy) is 5. The second-order valence-electron chi connectivity index (χ2n) is 6.02. The average molecular weight is 381 g/mol. The minimum Gasteiger partial charge on any atom is -0.381 e. The number of hydrogen-bond donors (Lipinski definition) is 1. The van der Waals surface area contributed by atoms with Crippen molar-refractivity contribution in [3.63, 3.8) is 0 Å². The summed E-state index contributed by atoms with van der Waals surface area (Å²) in [6, 6.07) is 0. The van der Waals surface area contributed by atoms with Crippen molar-refractivity contribution < 1.29 is 33.8 Å². The van der Waals surface area contributed by atoms with Crippen LogP contribution < -0.4 is 0 Å². The van der Waals surface area contributed by atoms with Crippen LogP contribution in [0.4, 0.5) is 0 Å². The normalized spacial score (nSPS) is 11.3. The van der Waals surface area contributed by atoms with Gasteiger partial charge >= 0.3 is 0 Å². The van der Waals surface area contributed by atoms with Gasteiger partial charge in [0.15, 0.2) is 0 Å². The fourth-order valence-corrected chi connectivity index (χ4v) is 2.03. The fourth-order valence-electron chi connectivity index (χ4n) is 2.03. The molecule has 0 saturated carbocycles. The van der Waals surface area contributed by atoms with Gasteiger partial charge in [-0.25, -0.2) is 4.89 Å². The standard InChI is InChI=1S/C19H40O7/c1-2-3-9-21-10-4-11-22-12-5-13-23-14-6-15-24-16-7-17-25-18-8-19-26-20/h20H,2-19H2,1H3. The van der Waals surface area contributed by atoms with Gasteiger partial charge in [0, 0.05) is 66.1 Å². The Morgan fingerprint density at radius 2 is 0.692 bits per heavy atom. The summed E-state index contributed by atoms with van der Waals surface area (Å²) in [4.78, 5) is 3.96. The van der Waals surface area contributed by atoms with Crippen LogP contribution in [0.2, 0.25) is 0 Å². The second kappa shape index (κ2) is 24.7. The second-order valence-corrected chi connectivity index (χ2v) is 6.02. The van der Waals surface area contributed by atoms with E-state index in [0.29, 0.717) is 39.5 Å². The molecule has 0 bridgehead atoms. The van der Waals surface area contributed by atoms with Crippen LogP contribution in [0.1, 0.15) is 51.9 Å². The van der Waals surface area contributed by atoms with Crippen LogP contribution in [0.5, 0.6) is 0 Å². The van der Waals surface area contributed by atoms with Crippen LogP contribution in [0, 0.1) is 0 Å². The van der Waals surface area contributed by atoms with Crippen LogP contribution in [0.15, 0.2) is 0 Å². The lowest BCUT2D eigenvalue weighted by Crippen LogP contribution is -2.07. The van der Waals surface area contributed by atoms with Crippen molar-refractivity contribution in [2.75, 3.05) is 72.7 Å². The SMILES string of the molecule is CCCCOCCCOCCCOCCCOCCCOCCCOO. The Labute approximate surface area is 159 Å². The van der Waals surface area contributed by atoms with Crippen molar-refractivity contribution in [2.45, 2.75) is 51.9 Å². The Morgan fingerprint density at radius 3 is 0.962 bits per heavy atom. The smallest absolute Gasteiger partial charge is 0.0841 e. The highest BCUT2D eigenvalue weighted by Crippen LogP contribution is 1.94. The van der Waals surface area contributed by atoms with Crippen molar-refractivity contribution in [1.29, 1.82) is 0 Å². The molecule has 0 rings (SSSR count). The molecule has 0 fully saturated rings. The van der Waals surface area contributed by atoms with Gasteiger partial charge in [0.2, 0.25) is 0 Å². The van der Waals surface area contributed by atoms with E-state index in [1.54, 1.807) is 0 Å². The highest BCUT2D eigenvalue weighted by Gasteiger charge is 1.95. The summed E-state index contributed by atoms with van der Waals surface area (Å²) in [7, 11) is 0. The summed E-state index contributed by atoms with van der Waals surface area (Å²) in [5.74, 6) is 0. The maximum absolute atomic E-state index is 8.14. The van der Waals surface area contributed by atoms with E-state index in [9.17, 15) is 0 Å². The van der Waals surface area contributed by atoms with Crippen molar-refractivity contribution in [3.05, 3.63) is 0 Å². The third-order valence-electron chi connectivity index (χ3n) is 3.48. The van der Waals surface area contributed by atoms with Crippen LogP contribution >= 0.6 is 0 Å². The number of rotatable bonds is 23. The Hall–Kier alpha value is -0.280. The highest BCUT2D eigenvalue weighted by atomic mass is 17.1. The van der Waals surface area contributed by atoms with Gasteiger partial charge in [0.25, 0.3) is 0 Å². The van der Waals surface area contributed by atoms with Crippen molar-refractivity contribution >= 4 is 0 Å². The molecule has 0 radical (unpaired) electrons. The summed E-state index contributed by atoms with van der Waals surface area (Å²) in [6.45, 7) is 9.80. The van der Waals surface area contributed by atoms with Crippen LogP contribution in [-0.4, -0.2) is 77.9 Å². The monoisotopic (exact) mass is 380 g/mol. The maximum Gasteiger partial charge on any atom is 0.0841 e. The summed E-state index contributed by atoms with van der Waals surface area (Å²) in [5.41, 5.74) is 0. The summed E-state index contributed by atoms with van der Waals surface area (Å²) >= 11 is 0. The van der Waals surface area contributed by atoms with Crippen molar-refractivity contribution in [3.8, 4) is 0 Å². The first-order valence-electron chi connectivity index (χ1n) is 10.1. The average Bonchev–Trinajstić information content (AvgIpc) is 2.66. The Bertz CT molecular complexity index is 218. The van der Waals surface area contributed by atoms with E-state index in [-0.39, 0.29) is 0 Å². The van der Waals surface area contributed by atoms with E-state index >= 15 is 0 Å². The molecule has 0 spiro atoms. The molecule has 0 heterocycles. The van der Waals surface area contributed by atoms with E-state index < -0.39 is 0 Å². The Kier molecular flexibility index (Phi) is 24.5. The lowest BCUT2D eigenvalue weighted by Gasteiger charge is -2.07. The molecule has 0 aromatic carbocycles. The molecule has 0 unspecified atom stereocenters. The minimum atomic E-state index is 0.316. The van der Waals surface area contributed by atoms with Gasteiger partial charge in [-0.05, 0) is 38.5 Å². The largest absolute Gasteiger partial charge is 0.381 e. The molecule has 0 atom stereocenters. The van der Waals surface area contributed by atoms with Gasteiger partial charge in [0.05, 0.1) is 6.61 Å². The van der Waals surface area contributed by atoms with Gasteiger partial charge in [-0.3, -0.25) is 5.26 Å². The predicted octanol–water partition coefficient (Wildman–Crippen LogP) is 3.31. The molecular weight excluding hydrogens is 340 g/mol. The minimum absolute atomic E-state index is 0.316. The van der Waals surface area contributed by atoms with E-state index in [4.69, 9.17) is 28.9 Å². The lowest BCUT2D eigenvalue weighted by atomic mass is 10.4. The van der Waals surface area contributed by atoms with Crippen molar-refractivity contribution in [2.24, 2.45) is 0 Å². The molecule has 0 aliphatic rings. The molecule has 7 heteroatoms. The maximum atomic E-state index is 8.14. The lowest BCUT2D eigenvalue weighted by molar-refractivity contribution is -0.244. The quantitative estimate of drug-likeness (QED) is 0.166. The van der Waals surface area contributed by atoms with Gasteiger partial charge in [-0.1, -0.05) is 13.3 Å². The molecule has 0 aromatic rings. The Morgan fingerprint density at radius 1 is 0.423 bits per heavy atom. The molecule has 26 heavy (non-hydrogen) atoms. The zero-order valence-electron chi connectivity index (χ0n) is 16.6. The van der Waals surface area contributed by atoms with E-state index in [2.05, 4.69) is 11.8 Å². The molecule has 158 valence electrons. The summed E-state index contributed by atoms with van der Waals surface area (Å²) in [6.07, 6.45) is 6.70. The molecule has 0 aliphatic heterocycles. The Balaban J connectivity index is 2.95. The van der Waals surface area contributed by atoms with E-state index in [1.165, 1.54) is 6.42 Å². The third-order valence-corrected chi connectivity index (χ3v) is 3.48. The van der Waals surface area contributed by atoms with Crippen molar-refractivity contribution in [1.82, 2.24) is 0 Å². The van der Waals surface area contributed by atoms with Crippen LogP contribution in [-0.2, 0) is 28.6 Å². The third kappa shape index (κ3) is 23.7. The van der Waals surface area contributed by atoms with Gasteiger partial charge in [0.1, 0.15) is 0 Å². The number of hydrogen-bond acceptors (Lipinski definition) is 7. The summed E-state index contributed by atoms with van der Waals surface area (Å²) in [5, 5.41) is 8.14. The molecule has 0 amide bonds. The topological polar surface area (TPSA) is 75.6 Å². The predicted molar refractivity (Wildman–Crippen MR) is 101 cm³/mol. The van der Waals surface area contributed by atoms with Gasteiger partial charge < -0.3 is 23.7 Å². The zero-order chi connectivity index (χ0) is 19.0. The number of unbranched alkanes of at least 4 members (excludes halogenated alkanes) is 1. The zero-order valence-corrected chi connectivity index (χ0v) is 16.6. The molecule has 0 aromatic heterocycles. The van der Waals surface area contributed by atoms with Crippen LogP contribution in [0.25, 0.3) is 0 Å². The first kappa shape index (κ1) is 25.7. The molecule has 0 saturated heterocycles. The highest BCUT2D eigenvalue weighted by molar-refractivity contribution is 4.41. The molecule has 0 aliphatic carbocycles. The summed E-state index contributed by atoms with van der Waals surface area (Å²) < 4.78 is 27.4. The van der Waals surface area contributed by atoms with Gasteiger partial charge in [-0.2, -0.15) is 0 Å².